The van der Waals surface area contributed by atoms with Crippen molar-refractivity contribution in [2.45, 2.75) is 106 Å². The zero-order chi connectivity index (χ0) is 45.0. The summed E-state index contributed by atoms with van der Waals surface area (Å²) in [5.41, 5.74) is 3.99. The van der Waals surface area contributed by atoms with Crippen molar-refractivity contribution in [3.63, 3.8) is 0 Å². The van der Waals surface area contributed by atoms with E-state index in [4.69, 9.17) is 20.1 Å². The van der Waals surface area contributed by atoms with E-state index in [9.17, 15) is 28.4 Å². The highest BCUT2D eigenvalue weighted by molar-refractivity contribution is 6.03. The number of anilines is 1. The molecule has 3 aromatic rings. The second-order valence-corrected chi connectivity index (χ2v) is 17.9. The van der Waals surface area contributed by atoms with Gasteiger partial charge in [0.1, 0.15) is 23.8 Å². The van der Waals surface area contributed by atoms with Crippen LogP contribution in [0.1, 0.15) is 109 Å². The molecule has 0 saturated carbocycles. The molecule has 8 atom stereocenters. The maximum absolute atomic E-state index is 14.0. The Kier molecular flexibility index (Phi) is 14.2. The van der Waals surface area contributed by atoms with E-state index < -0.39 is 41.2 Å². The van der Waals surface area contributed by atoms with Crippen molar-refractivity contribution in [3.8, 4) is 5.75 Å². The Morgan fingerprint density at radius 1 is 0.968 bits per heavy atom. The lowest BCUT2D eigenvalue weighted by Gasteiger charge is -2.48. The number of rotatable bonds is 15. The largest absolute Gasteiger partial charge is 0.461 e. The molecular weight excluding hydrogens is 790 g/mol. The Morgan fingerprint density at radius 2 is 1.63 bits per heavy atom. The van der Waals surface area contributed by atoms with Gasteiger partial charge in [0.05, 0.1) is 23.8 Å². The first-order valence-corrected chi connectivity index (χ1v) is 21.7. The van der Waals surface area contributed by atoms with Gasteiger partial charge >= 0.3 is 17.9 Å². The van der Waals surface area contributed by atoms with Gasteiger partial charge in [-0.25, -0.2) is 10.2 Å². The maximum Gasteiger partial charge on any atom is 0.313 e. The minimum atomic E-state index is -0.624. The number of fused-ring (bicyclic) bond motifs is 1. The fourth-order valence-corrected chi connectivity index (χ4v) is 8.85. The summed E-state index contributed by atoms with van der Waals surface area (Å²) in [6.07, 6.45) is 4.92. The van der Waals surface area contributed by atoms with Gasteiger partial charge in [-0.1, -0.05) is 81.8 Å². The summed E-state index contributed by atoms with van der Waals surface area (Å²) in [6.45, 7) is 15.1. The molecule has 8 unspecified atom stereocenters. The van der Waals surface area contributed by atoms with E-state index in [2.05, 4.69) is 19.9 Å². The van der Waals surface area contributed by atoms with Crippen LogP contribution in [-0.4, -0.2) is 47.4 Å². The first kappa shape index (κ1) is 45.9. The van der Waals surface area contributed by atoms with E-state index in [0.717, 1.165) is 27.3 Å². The van der Waals surface area contributed by atoms with Crippen LogP contribution >= 0.6 is 0 Å². The molecule has 62 heavy (non-hydrogen) atoms. The Balaban J connectivity index is 1.12. The lowest BCUT2D eigenvalue weighted by atomic mass is 9.64. The number of carbonyl (C=O) groups is 5. The average Bonchev–Trinajstić information content (AvgIpc) is 3.23. The summed E-state index contributed by atoms with van der Waals surface area (Å²) in [5.74, 6) is 3.89. The highest BCUT2D eigenvalue weighted by Crippen LogP contribution is 2.48. The van der Waals surface area contributed by atoms with Crippen molar-refractivity contribution in [1.29, 1.82) is 0 Å². The van der Waals surface area contributed by atoms with Crippen LogP contribution in [0.4, 0.5) is 10.1 Å². The van der Waals surface area contributed by atoms with Crippen LogP contribution in [0.2, 0.25) is 0 Å². The number of hydrazine groups is 1. The Morgan fingerprint density at radius 3 is 2.26 bits per heavy atom. The molecule has 1 aliphatic heterocycles. The molecule has 2 amide bonds. The van der Waals surface area contributed by atoms with E-state index in [1.807, 2.05) is 65.0 Å². The van der Waals surface area contributed by atoms with Crippen molar-refractivity contribution < 1.29 is 42.6 Å². The van der Waals surface area contributed by atoms with Crippen LogP contribution in [-0.2, 0) is 33.4 Å². The number of nitrogens with zero attached hydrogens (tertiary/aromatic N) is 2. The summed E-state index contributed by atoms with van der Waals surface area (Å²) in [4.78, 5) is 67.7. The van der Waals surface area contributed by atoms with Gasteiger partial charge in [-0.2, -0.15) is 0 Å². The fraction of sp³-hybridized carbons (Fsp3) is 0.460. The van der Waals surface area contributed by atoms with Gasteiger partial charge in [0.2, 0.25) is 5.91 Å². The molecule has 6 rings (SSSR count). The number of ether oxygens (including phenoxy) is 3. The zero-order valence-corrected chi connectivity index (χ0v) is 37.1. The summed E-state index contributed by atoms with van der Waals surface area (Å²) in [5, 5.41) is 1.06. The molecule has 12 heteroatoms. The van der Waals surface area contributed by atoms with Crippen molar-refractivity contribution >= 4 is 35.4 Å². The average molecular weight is 850 g/mol. The molecule has 330 valence electrons. The molecular formula is C50H60FN3O8. The summed E-state index contributed by atoms with van der Waals surface area (Å²) in [7, 11) is 0. The molecule has 1 heterocycles. The second kappa shape index (κ2) is 19.2. The molecule has 2 N–H and O–H groups in total. The number of allylic oxidation sites excluding steroid dienone is 2. The van der Waals surface area contributed by atoms with E-state index in [-0.39, 0.29) is 66.3 Å². The minimum absolute atomic E-state index is 0.0852. The number of hydrogen-bond donors (Lipinski definition) is 1. The maximum atomic E-state index is 14.0. The summed E-state index contributed by atoms with van der Waals surface area (Å²) in [6, 6.07) is 19.9. The number of carbonyl (C=O) groups excluding carboxylic acids is 5. The molecule has 0 bridgehead atoms. The standard InChI is InChI=1S/C50H60FN3O8/c1-9-50(7,8)49(59)62-42-28-31(4)44(39-23-12-30(3)32(5)45(39)42)48(58)53(52)27-26-43(56)61-38-21-15-35(16-22-38)46-40(47(57)54(46)37-19-17-36(51)18-20-37)24-25-41(60-33(6)55)34-13-10-29(2)11-14-34/h10-23,30-32,40-42,45-46H,9,24-28,52H2,1-8H3. The van der Waals surface area contributed by atoms with Gasteiger partial charge in [0.15, 0.2) is 0 Å². The summed E-state index contributed by atoms with van der Waals surface area (Å²) < 4.78 is 31.4. The van der Waals surface area contributed by atoms with Gasteiger partial charge in [-0.15, -0.1) is 0 Å². The monoisotopic (exact) mass is 849 g/mol. The van der Waals surface area contributed by atoms with Crippen molar-refractivity contribution in [1.82, 2.24) is 5.01 Å². The van der Waals surface area contributed by atoms with Crippen molar-refractivity contribution in [2.75, 3.05) is 11.4 Å². The third-order valence-corrected chi connectivity index (χ3v) is 13.1. The highest BCUT2D eigenvalue weighted by Gasteiger charge is 2.49. The van der Waals surface area contributed by atoms with Crippen LogP contribution in [0.15, 0.2) is 96.1 Å². The van der Waals surface area contributed by atoms with Gasteiger partial charge in [-0.3, -0.25) is 29.0 Å². The van der Waals surface area contributed by atoms with Crippen LogP contribution in [0.3, 0.4) is 0 Å². The quantitative estimate of drug-likeness (QED) is 0.0395. The van der Waals surface area contributed by atoms with E-state index in [0.29, 0.717) is 36.9 Å². The SMILES string of the molecule is CCC(C)(C)C(=O)OC1CC(C)C(C(=O)N(N)CCC(=O)Oc2ccc(C3C(CCC(OC(C)=O)c4ccc(C)cc4)C(=O)N3c3ccc(F)cc3)cc2)=C2C=CC(C)C(C)C21. The van der Waals surface area contributed by atoms with Crippen LogP contribution in [0.5, 0.6) is 5.75 Å². The van der Waals surface area contributed by atoms with Crippen molar-refractivity contribution in [2.24, 2.45) is 40.8 Å². The molecule has 2 aliphatic carbocycles. The number of benzene rings is 3. The van der Waals surface area contributed by atoms with E-state index in [1.165, 1.54) is 19.1 Å². The van der Waals surface area contributed by atoms with Gasteiger partial charge < -0.3 is 19.1 Å². The second-order valence-electron chi connectivity index (χ2n) is 17.9. The summed E-state index contributed by atoms with van der Waals surface area (Å²) >= 11 is 0. The lowest BCUT2D eigenvalue weighted by Crippen LogP contribution is -2.55. The molecule has 0 aromatic heterocycles. The number of hydrogen-bond acceptors (Lipinski definition) is 9. The molecule has 3 aromatic carbocycles. The number of β-lactam (4-membered cyclic amide) rings is 1. The molecule has 0 spiro atoms. The van der Waals surface area contributed by atoms with Crippen LogP contribution in [0, 0.1) is 47.7 Å². The third-order valence-electron chi connectivity index (χ3n) is 13.1. The van der Waals surface area contributed by atoms with Crippen LogP contribution in [0.25, 0.3) is 0 Å². The Bertz CT molecular complexity index is 2200. The fourth-order valence-electron chi connectivity index (χ4n) is 8.85. The first-order chi connectivity index (χ1) is 29.4. The number of amides is 2. The highest BCUT2D eigenvalue weighted by atomic mass is 19.1. The lowest BCUT2D eigenvalue weighted by molar-refractivity contribution is -0.164. The Hall–Kier alpha value is -5.62. The predicted octanol–water partition coefficient (Wildman–Crippen LogP) is 9.06. The van der Waals surface area contributed by atoms with Crippen molar-refractivity contribution in [3.05, 3.63) is 119 Å². The van der Waals surface area contributed by atoms with Gasteiger partial charge in [-0.05, 0) is 117 Å². The number of aryl methyl sites for hydroxylation is 1. The third kappa shape index (κ3) is 10.0. The minimum Gasteiger partial charge on any atom is -0.461 e. The molecule has 11 nitrogen and oxygen atoms in total. The van der Waals surface area contributed by atoms with Gasteiger partial charge in [0, 0.05) is 30.6 Å². The first-order valence-electron chi connectivity index (χ1n) is 21.7. The van der Waals surface area contributed by atoms with Crippen LogP contribution < -0.4 is 15.5 Å². The van der Waals surface area contributed by atoms with E-state index >= 15 is 0 Å². The molecule has 1 fully saturated rings. The number of esters is 3. The number of halogens is 1. The topological polar surface area (TPSA) is 146 Å². The molecule has 3 aliphatic rings. The number of nitrogens with two attached hydrogens (primary N) is 1. The molecule has 0 radical (unpaired) electrons. The molecule has 1 saturated heterocycles. The zero-order valence-electron chi connectivity index (χ0n) is 37.1. The Labute approximate surface area is 364 Å². The normalized spacial score (nSPS) is 23.8. The smallest absolute Gasteiger partial charge is 0.313 e. The van der Waals surface area contributed by atoms with E-state index in [1.54, 1.807) is 41.3 Å². The predicted molar refractivity (Wildman–Crippen MR) is 233 cm³/mol. The van der Waals surface area contributed by atoms with Gasteiger partial charge in [0.25, 0.3) is 5.91 Å².